The summed E-state index contributed by atoms with van der Waals surface area (Å²) in [7, 11) is 0. The molecule has 2 rings (SSSR count). The number of rotatable bonds is 3. The van der Waals surface area contributed by atoms with Gasteiger partial charge >= 0.3 is 0 Å². The molecule has 0 spiro atoms. The molecule has 3 N–H and O–H groups in total. The lowest BCUT2D eigenvalue weighted by atomic mass is 9.72. The second-order valence-electron chi connectivity index (χ2n) is 6.47. The van der Waals surface area contributed by atoms with Crippen LogP contribution in [0.2, 0.25) is 0 Å². The maximum Gasteiger partial charge on any atom is 0.188 e. The van der Waals surface area contributed by atoms with Crippen LogP contribution < -0.4 is 11.1 Å². The Morgan fingerprint density at radius 3 is 2.47 bits per heavy atom. The highest BCUT2D eigenvalue weighted by Crippen LogP contribution is 2.38. The number of hydrogen-bond donors (Lipinski definition) is 2. The van der Waals surface area contributed by atoms with Gasteiger partial charge in [0.1, 0.15) is 0 Å². The third-order valence-corrected chi connectivity index (χ3v) is 4.57. The lowest BCUT2D eigenvalue weighted by Crippen LogP contribution is -2.44. The molecule has 0 aromatic carbocycles. The van der Waals surface area contributed by atoms with Crippen LogP contribution in [0.1, 0.15) is 58.8 Å². The highest BCUT2D eigenvalue weighted by Gasteiger charge is 2.29. The monoisotopic (exact) mass is 237 g/mol. The summed E-state index contributed by atoms with van der Waals surface area (Å²) < 4.78 is 0. The van der Waals surface area contributed by atoms with Gasteiger partial charge in [-0.1, -0.05) is 26.7 Å². The molecule has 2 fully saturated rings. The summed E-state index contributed by atoms with van der Waals surface area (Å²) in [5.74, 6) is 1.56. The first-order chi connectivity index (χ1) is 8.07. The molecular weight excluding hydrogens is 210 g/mol. The molecule has 0 atom stereocenters. The van der Waals surface area contributed by atoms with E-state index in [1.165, 1.54) is 44.9 Å². The molecule has 0 aromatic rings. The maximum atomic E-state index is 5.93. The van der Waals surface area contributed by atoms with Gasteiger partial charge in [0.15, 0.2) is 5.96 Å². The number of nitrogens with one attached hydrogen (secondary N) is 1. The van der Waals surface area contributed by atoms with Crippen LogP contribution in [0, 0.1) is 11.3 Å². The van der Waals surface area contributed by atoms with E-state index in [1.54, 1.807) is 0 Å². The molecule has 0 amide bonds. The zero-order chi connectivity index (χ0) is 12.3. The molecule has 0 aromatic heterocycles. The maximum absolute atomic E-state index is 5.93. The van der Waals surface area contributed by atoms with Gasteiger partial charge in [-0.25, -0.2) is 0 Å². The van der Waals surface area contributed by atoms with Gasteiger partial charge in [-0.3, -0.25) is 4.99 Å². The van der Waals surface area contributed by atoms with Crippen LogP contribution in [-0.4, -0.2) is 18.5 Å². The molecule has 0 aliphatic heterocycles. The topological polar surface area (TPSA) is 50.4 Å². The van der Waals surface area contributed by atoms with E-state index >= 15 is 0 Å². The van der Waals surface area contributed by atoms with Gasteiger partial charge in [0.25, 0.3) is 0 Å². The van der Waals surface area contributed by atoms with Crippen molar-refractivity contribution in [3.8, 4) is 0 Å². The smallest absolute Gasteiger partial charge is 0.188 e. The zero-order valence-electron chi connectivity index (χ0n) is 11.3. The number of hydrogen-bond acceptors (Lipinski definition) is 1. The molecule has 0 unspecified atom stereocenters. The Hall–Kier alpha value is -0.730. The zero-order valence-corrected chi connectivity index (χ0v) is 11.3. The van der Waals surface area contributed by atoms with Crippen LogP contribution in [0.25, 0.3) is 0 Å². The summed E-state index contributed by atoms with van der Waals surface area (Å²) in [5, 5.41) is 3.31. The summed E-state index contributed by atoms with van der Waals surface area (Å²) >= 11 is 0. The van der Waals surface area contributed by atoms with E-state index in [4.69, 9.17) is 5.73 Å². The minimum Gasteiger partial charge on any atom is -0.370 e. The van der Waals surface area contributed by atoms with E-state index in [9.17, 15) is 0 Å². The van der Waals surface area contributed by atoms with Gasteiger partial charge in [-0.2, -0.15) is 0 Å². The average Bonchev–Trinajstić information content (AvgIpc) is 2.26. The van der Waals surface area contributed by atoms with Crippen LogP contribution in [0.3, 0.4) is 0 Å². The minimum atomic E-state index is 0.387. The molecule has 0 bridgehead atoms. The van der Waals surface area contributed by atoms with E-state index in [0.29, 0.717) is 17.4 Å². The Balaban J connectivity index is 1.77. The highest BCUT2D eigenvalue weighted by atomic mass is 15.1. The van der Waals surface area contributed by atoms with Gasteiger partial charge in [-0.05, 0) is 43.4 Å². The van der Waals surface area contributed by atoms with Gasteiger partial charge in [0.2, 0.25) is 0 Å². The third kappa shape index (κ3) is 3.62. The molecular formula is C14H27N3. The first-order valence-corrected chi connectivity index (χ1v) is 7.14. The van der Waals surface area contributed by atoms with Gasteiger partial charge < -0.3 is 11.1 Å². The fourth-order valence-electron chi connectivity index (χ4n) is 2.70. The molecule has 3 heteroatoms. The number of nitrogens with zero attached hydrogens (tertiary/aromatic N) is 1. The van der Waals surface area contributed by atoms with Crippen molar-refractivity contribution in [1.29, 1.82) is 0 Å². The molecule has 0 saturated heterocycles. The van der Waals surface area contributed by atoms with Crippen LogP contribution in [0.5, 0.6) is 0 Å². The predicted molar refractivity (Wildman–Crippen MR) is 73.0 cm³/mol. The molecule has 2 saturated carbocycles. The van der Waals surface area contributed by atoms with Crippen LogP contribution >= 0.6 is 0 Å². The van der Waals surface area contributed by atoms with E-state index in [2.05, 4.69) is 24.2 Å². The molecule has 2 aliphatic carbocycles. The fourth-order valence-corrected chi connectivity index (χ4v) is 2.70. The Bertz CT molecular complexity index is 273. The number of nitrogens with two attached hydrogens (primary N) is 1. The van der Waals surface area contributed by atoms with Crippen molar-refractivity contribution in [1.82, 2.24) is 5.32 Å². The fraction of sp³-hybridized carbons (Fsp3) is 0.929. The largest absolute Gasteiger partial charge is 0.370 e. The lowest BCUT2D eigenvalue weighted by Gasteiger charge is -2.35. The standard InChI is InChI=1S/C14H27N3/c1-11-6-8-14(2,9-7-11)10-16-13(15)17-12-4-3-5-12/h11-12H,3-10H2,1-2H3,(H3,15,16,17). The quantitative estimate of drug-likeness (QED) is 0.585. The highest BCUT2D eigenvalue weighted by molar-refractivity contribution is 5.78. The molecule has 3 nitrogen and oxygen atoms in total. The molecule has 0 radical (unpaired) electrons. The SMILES string of the molecule is CC1CCC(C)(CN=C(N)NC2CCC2)CC1. The van der Waals surface area contributed by atoms with E-state index in [1.807, 2.05) is 0 Å². The van der Waals surface area contributed by atoms with Crippen molar-refractivity contribution in [2.24, 2.45) is 22.1 Å². The first-order valence-electron chi connectivity index (χ1n) is 7.14. The Kier molecular flexibility index (Phi) is 3.95. The molecule has 17 heavy (non-hydrogen) atoms. The van der Waals surface area contributed by atoms with Gasteiger partial charge in [0, 0.05) is 12.6 Å². The number of aliphatic imine (C=N–C) groups is 1. The van der Waals surface area contributed by atoms with E-state index in [-0.39, 0.29) is 0 Å². The third-order valence-electron chi connectivity index (χ3n) is 4.57. The number of guanidine groups is 1. The Morgan fingerprint density at radius 1 is 1.29 bits per heavy atom. The average molecular weight is 237 g/mol. The molecule has 2 aliphatic rings. The molecule has 0 heterocycles. The van der Waals surface area contributed by atoms with Crippen LogP contribution in [0.15, 0.2) is 4.99 Å². The molecule has 98 valence electrons. The van der Waals surface area contributed by atoms with E-state index in [0.717, 1.165) is 12.5 Å². The van der Waals surface area contributed by atoms with Crippen molar-refractivity contribution < 1.29 is 0 Å². The van der Waals surface area contributed by atoms with Crippen molar-refractivity contribution in [2.75, 3.05) is 6.54 Å². The van der Waals surface area contributed by atoms with E-state index < -0.39 is 0 Å². The summed E-state index contributed by atoms with van der Waals surface area (Å²) in [4.78, 5) is 4.55. The van der Waals surface area contributed by atoms with Crippen LogP contribution in [-0.2, 0) is 0 Å². The Labute approximate surface area is 105 Å². The summed E-state index contributed by atoms with van der Waals surface area (Å²) in [6, 6.07) is 0.595. The summed E-state index contributed by atoms with van der Waals surface area (Å²) in [6.07, 6.45) is 9.14. The lowest BCUT2D eigenvalue weighted by molar-refractivity contribution is 0.187. The minimum absolute atomic E-state index is 0.387. The van der Waals surface area contributed by atoms with Crippen LogP contribution in [0.4, 0.5) is 0 Å². The predicted octanol–water partition coefficient (Wildman–Crippen LogP) is 2.66. The first kappa shape index (κ1) is 12.7. The van der Waals surface area contributed by atoms with Crippen molar-refractivity contribution >= 4 is 5.96 Å². The van der Waals surface area contributed by atoms with Gasteiger partial charge in [0.05, 0.1) is 0 Å². The second kappa shape index (κ2) is 5.28. The second-order valence-corrected chi connectivity index (χ2v) is 6.47. The van der Waals surface area contributed by atoms with Gasteiger partial charge in [-0.15, -0.1) is 0 Å². The van der Waals surface area contributed by atoms with Crippen molar-refractivity contribution in [3.63, 3.8) is 0 Å². The van der Waals surface area contributed by atoms with Crippen molar-refractivity contribution in [3.05, 3.63) is 0 Å². The Morgan fingerprint density at radius 2 is 1.94 bits per heavy atom. The van der Waals surface area contributed by atoms with Crippen molar-refractivity contribution in [2.45, 2.75) is 64.8 Å². The summed E-state index contributed by atoms with van der Waals surface area (Å²) in [6.45, 7) is 5.61. The normalized spacial score (nSPS) is 35.4. The summed E-state index contributed by atoms with van der Waals surface area (Å²) in [5.41, 5.74) is 6.31.